The van der Waals surface area contributed by atoms with Crippen molar-refractivity contribution in [2.45, 2.75) is 185 Å². The van der Waals surface area contributed by atoms with Gasteiger partial charge < -0.3 is 76.3 Å². The van der Waals surface area contributed by atoms with E-state index in [4.69, 9.17) is 28.4 Å². The molecule has 9 heterocycles. The van der Waals surface area contributed by atoms with Gasteiger partial charge in [-0.2, -0.15) is 5.10 Å². The average Bonchev–Trinajstić information content (AvgIpc) is 1.69. The summed E-state index contributed by atoms with van der Waals surface area (Å²) in [5.41, 5.74) is 7.55. The summed E-state index contributed by atoms with van der Waals surface area (Å²) in [6.07, 6.45) is 1.72. The van der Waals surface area contributed by atoms with Gasteiger partial charge in [0.1, 0.15) is 29.3 Å². The number of carbonyl (C=O) groups excluding carboxylic acids is 12. The first-order valence-corrected chi connectivity index (χ1v) is 50.3. The number of nitrogens with one attached hydrogen (secondary N) is 12. The van der Waals surface area contributed by atoms with E-state index in [-0.39, 0.29) is 51.7 Å². The van der Waals surface area contributed by atoms with Gasteiger partial charge >= 0.3 is 72.0 Å². The fourth-order valence-electron chi connectivity index (χ4n) is 11.5. The molecule has 0 spiro atoms. The van der Waals surface area contributed by atoms with Crippen molar-refractivity contribution in [1.29, 1.82) is 0 Å². The Labute approximate surface area is 848 Å². The van der Waals surface area contributed by atoms with Crippen LogP contribution in [0.1, 0.15) is 239 Å². The SMILES string of the molecule is CCOC(=O)c1sc(C(C)(C)C)cc1NC(=O)Nc1ccc(C)cc1.COC(=O)c1sc(C(C)(C)C)cc1NC(=O)Nc1ccc(C)cc1.COC(=O)c1sc(C(C)(C)C)cc1NC(=O)Nc1ccc(C)s1.COC(=O)c1sc(C(C)(C)C)cc1NC(=O)Nc1cccs1.COC(=O)c1sc(C(C)(C)C)cc1NC(=O)Nc1ccn(C)n1.COC(=O)c1sc(C(C)C)cc1NC(=O)Nc1ccc(C)cc1. The lowest BCUT2D eigenvalue weighted by Gasteiger charge is -2.15. The number of esters is 6. The van der Waals surface area contributed by atoms with Gasteiger partial charge in [-0.3, -0.25) is 20.6 Å². The van der Waals surface area contributed by atoms with Crippen molar-refractivity contribution in [3.63, 3.8) is 0 Å². The third kappa shape index (κ3) is 35.4. The number of nitrogens with zero attached hydrogens (tertiary/aromatic N) is 2. The molecule has 12 aromatic rings. The summed E-state index contributed by atoms with van der Waals surface area (Å²) in [5.74, 6) is -2.02. The number of amides is 12. The second kappa shape index (κ2) is 51.2. The molecule has 0 aliphatic carbocycles. The maximum atomic E-state index is 12.3. The smallest absolute Gasteiger partial charge is 0.350 e. The highest BCUT2D eigenvalue weighted by atomic mass is 32.1. The number of methoxy groups -OCH3 is 5. The number of urea groups is 6. The van der Waals surface area contributed by atoms with Crippen LogP contribution in [0.5, 0.6) is 0 Å². The maximum absolute atomic E-state index is 12.3. The van der Waals surface area contributed by atoms with Crippen LogP contribution >= 0.6 is 90.7 Å². The van der Waals surface area contributed by atoms with E-state index >= 15 is 0 Å². The number of carbonyl (C=O) groups is 12. The minimum Gasteiger partial charge on any atom is -0.465 e. The number of anilines is 12. The summed E-state index contributed by atoms with van der Waals surface area (Å²) < 4.78 is 30.7. The Morgan fingerprint density at radius 1 is 0.329 bits per heavy atom. The summed E-state index contributed by atoms with van der Waals surface area (Å²) >= 11 is 10.9. The first-order chi connectivity index (χ1) is 65.5. The molecule has 0 saturated heterocycles. The molecule has 0 aliphatic heterocycles. The predicted octanol–water partition coefficient (Wildman–Crippen LogP) is 27.2. The van der Waals surface area contributed by atoms with Gasteiger partial charge in [0, 0.05) is 70.5 Å². The second-order valence-corrected chi connectivity index (χ2v) is 45.2. The van der Waals surface area contributed by atoms with Crippen LogP contribution in [0.2, 0.25) is 0 Å². The molecule has 0 aliphatic rings. The second-order valence-electron chi connectivity index (χ2n) is 36.6. The van der Waals surface area contributed by atoms with Crippen LogP contribution in [0.15, 0.2) is 151 Å². The molecule has 9 aromatic heterocycles. The van der Waals surface area contributed by atoms with Crippen molar-refractivity contribution in [3.05, 3.63) is 231 Å². The zero-order valence-electron chi connectivity index (χ0n) is 83.7. The number of hydrogen-bond donors (Lipinski definition) is 12. The Balaban J connectivity index is 0.000000228. The third-order valence-corrected chi connectivity index (χ3v) is 29.9. The molecule has 0 fully saturated rings. The fraction of sp³-hybridized carbons (Fsp3) is 0.350. The van der Waals surface area contributed by atoms with E-state index in [1.807, 2.05) is 189 Å². The molecular formula is C100H124N14O18S8. The predicted molar refractivity (Wildman–Crippen MR) is 572 cm³/mol. The number of thiophene rings is 8. The van der Waals surface area contributed by atoms with E-state index in [0.717, 1.165) is 60.8 Å². The van der Waals surface area contributed by atoms with Gasteiger partial charge in [0.25, 0.3) is 0 Å². The summed E-state index contributed by atoms with van der Waals surface area (Å²) in [6, 6.07) is 40.1. The molecule has 0 unspecified atom stereocenters. The molecule has 12 amide bonds. The van der Waals surface area contributed by atoms with E-state index in [9.17, 15) is 57.5 Å². The van der Waals surface area contributed by atoms with Gasteiger partial charge in [-0.25, -0.2) is 57.5 Å². The van der Waals surface area contributed by atoms with Crippen LogP contribution in [0.25, 0.3) is 0 Å². The van der Waals surface area contributed by atoms with Crippen molar-refractivity contribution in [2.75, 3.05) is 106 Å². The number of ether oxygens (including phenoxy) is 6. The van der Waals surface area contributed by atoms with Crippen LogP contribution in [0, 0.1) is 27.7 Å². The summed E-state index contributed by atoms with van der Waals surface area (Å²) in [7, 11) is 8.39. The zero-order chi connectivity index (χ0) is 104. The molecule has 12 N–H and O–H groups in total. The van der Waals surface area contributed by atoms with Gasteiger partial charge in [0.15, 0.2) is 5.82 Å². The van der Waals surface area contributed by atoms with E-state index in [1.54, 1.807) is 43.0 Å². The average molecular weight is 2070 g/mol. The summed E-state index contributed by atoms with van der Waals surface area (Å²) in [6.45, 7) is 44.8. The van der Waals surface area contributed by atoms with Gasteiger partial charge in [0.2, 0.25) is 0 Å². The fourth-order valence-corrected chi connectivity index (χ4v) is 19.4. The number of aromatic nitrogens is 2. The molecule has 40 heteroatoms. The van der Waals surface area contributed by atoms with Crippen molar-refractivity contribution >= 4 is 230 Å². The lowest BCUT2D eigenvalue weighted by molar-refractivity contribution is 0.0529. The molecule has 12 rings (SSSR count). The van der Waals surface area contributed by atoms with Crippen molar-refractivity contribution < 1.29 is 86.0 Å². The molecular weight excluding hydrogens is 1940 g/mol. The topological polar surface area (TPSA) is 422 Å². The molecule has 750 valence electrons. The van der Waals surface area contributed by atoms with E-state index in [1.165, 1.54) is 126 Å². The first-order valence-electron chi connectivity index (χ1n) is 43.7. The normalized spacial score (nSPS) is 11.0. The molecule has 0 bridgehead atoms. The van der Waals surface area contributed by atoms with Crippen molar-refractivity contribution in [1.82, 2.24) is 9.78 Å². The Morgan fingerprint density at radius 3 is 0.857 bits per heavy atom. The van der Waals surface area contributed by atoms with Crippen LogP contribution in [0.4, 0.5) is 95.8 Å². The van der Waals surface area contributed by atoms with Gasteiger partial charge in [0.05, 0.1) is 86.3 Å². The molecule has 0 radical (unpaired) electrons. The zero-order valence-corrected chi connectivity index (χ0v) is 90.3. The Hall–Kier alpha value is -13.1. The van der Waals surface area contributed by atoms with Gasteiger partial charge in [-0.15, -0.1) is 90.7 Å². The quantitative estimate of drug-likeness (QED) is 0.0249. The Kier molecular flexibility index (Phi) is 41.6. The van der Waals surface area contributed by atoms with Crippen LogP contribution in [0.3, 0.4) is 0 Å². The molecule has 140 heavy (non-hydrogen) atoms. The molecule has 3 aromatic carbocycles. The van der Waals surface area contributed by atoms with Crippen LogP contribution < -0.4 is 63.8 Å². The molecule has 32 nitrogen and oxygen atoms in total. The highest BCUT2D eigenvalue weighted by molar-refractivity contribution is 7.17. The van der Waals surface area contributed by atoms with E-state index in [0.29, 0.717) is 86.3 Å². The number of rotatable bonds is 20. The monoisotopic (exact) mass is 2060 g/mol. The number of benzene rings is 3. The largest absolute Gasteiger partial charge is 0.465 e. The van der Waals surface area contributed by atoms with Crippen LogP contribution in [-0.4, -0.2) is 124 Å². The van der Waals surface area contributed by atoms with E-state index in [2.05, 4.69) is 152 Å². The summed E-state index contributed by atoms with van der Waals surface area (Å²) in [4.78, 5) is 154. The van der Waals surface area contributed by atoms with Gasteiger partial charge in [-0.1, -0.05) is 171 Å². The summed E-state index contributed by atoms with van der Waals surface area (Å²) in [5, 5.41) is 40.2. The lowest BCUT2D eigenvalue weighted by Crippen LogP contribution is -2.20. The first kappa shape index (κ1) is 114. The van der Waals surface area contributed by atoms with Crippen molar-refractivity contribution in [2.24, 2.45) is 7.05 Å². The Morgan fingerprint density at radius 2 is 0.607 bits per heavy atom. The molecule has 0 saturated carbocycles. The number of aryl methyl sites for hydroxylation is 5. The van der Waals surface area contributed by atoms with Crippen molar-refractivity contribution in [3.8, 4) is 0 Å². The lowest BCUT2D eigenvalue weighted by atomic mass is 9.94. The maximum Gasteiger partial charge on any atom is 0.350 e. The minimum atomic E-state index is -0.473. The van der Waals surface area contributed by atoms with Gasteiger partial charge in [-0.05, 0) is 170 Å². The number of hydrogen-bond acceptors (Lipinski definition) is 27. The highest BCUT2D eigenvalue weighted by Crippen LogP contribution is 2.43. The van der Waals surface area contributed by atoms with Crippen LogP contribution in [-0.2, 0) is 62.5 Å². The third-order valence-electron chi connectivity index (χ3n) is 19.1. The van der Waals surface area contributed by atoms with E-state index < -0.39 is 59.9 Å². The molecule has 0 atom stereocenters. The standard InChI is InChI=1S/C19H24N2O3S.C18H22N2O3S.C17H20N2O3S.C16H20N2O3S2.C15H20N4O3S.C15H18N2O3S2/c1-6-24-17(22)16-14(11-15(25-16)19(3,4)5)21-18(23)20-13-9-7-12(2)8-10-13;1-11-6-8-12(9-7-11)19-17(22)20-13-10-14(18(2,3)4)24-15(13)16(21)23-5;1-10(2)14-9-13(15(23-14)16(20)22-4)19-17(21)18-12-7-5-11(3)6-8-12;1-9-6-7-12(22-9)18-15(20)17-10-8-11(16(2,3)4)23-13(10)14(19)21-5;1-15(2,3)10-8-9(12(23-10)13(20)22-5)16-14(21)17-11-6-7-19(4)18-11;1-15(2,3)10-8-9(12(22-10)13(18)20-4)16-14(19)17-11-6-5-7-21-11/h7-11H,6H2,1-5H3,(H2,20,21,23);6-10H,1-5H3,(H2,19,20,22);5-10H,1-4H3,(H2,18,19,21);6-8H,1-5H3,(H2,17,18,20);6-8H,1-5H3,(H2,16,17,18,21);5-8H,1-4H3,(H2,16,17,19). The Bertz CT molecular complexity index is 6150. The minimum absolute atomic E-state index is 0.113. The highest BCUT2D eigenvalue weighted by Gasteiger charge is 2.32.